The highest BCUT2D eigenvalue weighted by Gasteiger charge is 2.06. The van der Waals surface area contributed by atoms with E-state index in [-0.39, 0.29) is 6.10 Å². The Hall–Kier alpha value is -2.20. The molecular weight excluding hydrogens is 326 g/mol. The Morgan fingerprint density at radius 3 is 2.54 bits per heavy atom. The quantitative estimate of drug-likeness (QED) is 0.753. The van der Waals surface area contributed by atoms with Gasteiger partial charge in [-0.15, -0.1) is 0 Å². The molecule has 0 fully saturated rings. The van der Waals surface area contributed by atoms with E-state index in [0.29, 0.717) is 23.9 Å². The maximum absolute atomic E-state index is 11.3. The molecule has 0 aromatic heterocycles. The van der Waals surface area contributed by atoms with Crippen molar-refractivity contribution in [1.82, 2.24) is 5.32 Å². The third kappa shape index (κ3) is 6.13. The zero-order valence-corrected chi connectivity index (χ0v) is 14.7. The third-order valence-electron chi connectivity index (χ3n) is 3.22. The normalized spacial score (nSPS) is 10.5. The number of rotatable bonds is 7. The summed E-state index contributed by atoms with van der Waals surface area (Å²) in [4.78, 5) is 11.3. The standard InChI is InChI=1S/C19H22ClNO3/c1-14(2)24-19(22)21-10-11-23-18-9-8-16(13-17(18)20)12-15-6-4-3-5-7-15/h3-9,13-14H,10-12H2,1-2H3,(H,21,22). The smallest absolute Gasteiger partial charge is 0.407 e. The zero-order chi connectivity index (χ0) is 17.4. The molecule has 128 valence electrons. The minimum absolute atomic E-state index is 0.141. The molecule has 0 aliphatic rings. The van der Waals surface area contributed by atoms with Gasteiger partial charge in [-0.1, -0.05) is 48.0 Å². The number of hydrogen-bond donors (Lipinski definition) is 1. The van der Waals surface area contributed by atoms with Gasteiger partial charge in [-0.2, -0.15) is 0 Å². The van der Waals surface area contributed by atoms with Gasteiger partial charge in [-0.3, -0.25) is 0 Å². The van der Waals surface area contributed by atoms with Gasteiger partial charge in [-0.05, 0) is 43.5 Å². The Bertz CT molecular complexity index is 659. The van der Waals surface area contributed by atoms with Gasteiger partial charge in [-0.25, -0.2) is 4.79 Å². The van der Waals surface area contributed by atoms with Gasteiger partial charge in [0.05, 0.1) is 17.7 Å². The molecule has 4 nitrogen and oxygen atoms in total. The molecule has 2 aromatic carbocycles. The van der Waals surface area contributed by atoms with E-state index in [1.165, 1.54) is 5.56 Å². The fourth-order valence-electron chi connectivity index (χ4n) is 2.17. The molecule has 0 unspecified atom stereocenters. The summed E-state index contributed by atoms with van der Waals surface area (Å²) >= 11 is 6.27. The van der Waals surface area contributed by atoms with Gasteiger partial charge < -0.3 is 14.8 Å². The molecule has 0 saturated heterocycles. The summed E-state index contributed by atoms with van der Waals surface area (Å²) in [5.41, 5.74) is 2.35. The molecule has 2 aromatic rings. The molecule has 0 bridgehead atoms. The summed E-state index contributed by atoms with van der Waals surface area (Å²) in [6.45, 7) is 4.28. The van der Waals surface area contributed by atoms with Gasteiger partial charge in [0.2, 0.25) is 0 Å². The van der Waals surface area contributed by atoms with Crippen molar-refractivity contribution >= 4 is 17.7 Å². The lowest BCUT2D eigenvalue weighted by molar-refractivity contribution is 0.114. The first kappa shape index (κ1) is 18.1. The second-order valence-corrected chi connectivity index (χ2v) is 6.06. The van der Waals surface area contributed by atoms with Crippen molar-refractivity contribution in [1.29, 1.82) is 0 Å². The molecule has 1 amide bonds. The molecule has 0 atom stereocenters. The van der Waals surface area contributed by atoms with Crippen LogP contribution in [0.2, 0.25) is 5.02 Å². The van der Waals surface area contributed by atoms with E-state index in [1.807, 2.05) is 36.4 Å². The van der Waals surface area contributed by atoms with Gasteiger partial charge in [0.1, 0.15) is 12.4 Å². The van der Waals surface area contributed by atoms with Crippen LogP contribution in [0.1, 0.15) is 25.0 Å². The van der Waals surface area contributed by atoms with Gasteiger partial charge in [0.25, 0.3) is 0 Å². The number of ether oxygens (including phenoxy) is 2. The van der Waals surface area contributed by atoms with E-state index in [2.05, 4.69) is 17.4 Å². The van der Waals surface area contributed by atoms with Crippen molar-refractivity contribution in [3.63, 3.8) is 0 Å². The molecule has 1 N–H and O–H groups in total. The highest BCUT2D eigenvalue weighted by molar-refractivity contribution is 6.32. The molecule has 0 spiro atoms. The first-order valence-electron chi connectivity index (χ1n) is 7.94. The van der Waals surface area contributed by atoms with Gasteiger partial charge >= 0.3 is 6.09 Å². The lowest BCUT2D eigenvalue weighted by atomic mass is 10.1. The number of benzene rings is 2. The Kier molecular flexibility index (Phi) is 6.94. The number of halogens is 1. The predicted molar refractivity (Wildman–Crippen MR) is 95.8 cm³/mol. The molecule has 0 radical (unpaired) electrons. The van der Waals surface area contributed by atoms with Crippen molar-refractivity contribution < 1.29 is 14.3 Å². The van der Waals surface area contributed by atoms with Crippen LogP contribution in [0.5, 0.6) is 5.75 Å². The lowest BCUT2D eigenvalue weighted by Gasteiger charge is -2.12. The van der Waals surface area contributed by atoms with E-state index in [1.54, 1.807) is 13.8 Å². The maximum atomic E-state index is 11.3. The van der Waals surface area contributed by atoms with Crippen LogP contribution in [0.3, 0.4) is 0 Å². The number of carbonyl (C=O) groups is 1. The van der Waals surface area contributed by atoms with Crippen LogP contribution >= 0.6 is 11.6 Å². The number of nitrogens with one attached hydrogen (secondary N) is 1. The number of carbonyl (C=O) groups excluding carboxylic acids is 1. The van der Waals surface area contributed by atoms with E-state index in [0.717, 1.165) is 12.0 Å². The Morgan fingerprint density at radius 1 is 1.12 bits per heavy atom. The van der Waals surface area contributed by atoms with Crippen molar-refractivity contribution in [3.05, 3.63) is 64.7 Å². The highest BCUT2D eigenvalue weighted by atomic mass is 35.5. The first-order valence-corrected chi connectivity index (χ1v) is 8.32. The van der Waals surface area contributed by atoms with Crippen molar-refractivity contribution in [2.24, 2.45) is 0 Å². The molecule has 0 heterocycles. The van der Waals surface area contributed by atoms with Crippen LogP contribution in [0.4, 0.5) is 4.79 Å². The summed E-state index contributed by atoms with van der Waals surface area (Å²) in [7, 11) is 0. The fraction of sp³-hybridized carbons (Fsp3) is 0.316. The SMILES string of the molecule is CC(C)OC(=O)NCCOc1ccc(Cc2ccccc2)cc1Cl. The number of alkyl carbamates (subject to hydrolysis) is 1. The Morgan fingerprint density at radius 2 is 1.88 bits per heavy atom. The molecule has 0 saturated carbocycles. The average Bonchev–Trinajstić information content (AvgIpc) is 2.53. The summed E-state index contributed by atoms with van der Waals surface area (Å²) in [5, 5.41) is 3.18. The second kappa shape index (κ2) is 9.18. The first-order chi connectivity index (χ1) is 11.5. The van der Waals surface area contributed by atoms with Gasteiger partial charge in [0, 0.05) is 0 Å². The monoisotopic (exact) mass is 347 g/mol. The number of amides is 1. The Labute approximate surface area is 147 Å². The van der Waals surface area contributed by atoms with Crippen LogP contribution in [0.15, 0.2) is 48.5 Å². The largest absolute Gasteiger partial charge is 0.490 e. The summed E-state index contributed by atoms with van der Waals surface area (Å²) in [6.07, 6.45) is 0.235. The fourth-order valence-corrected chi connectivity index (χ4v) is 2.43. The Balaban J connectivity index is 1.81. The van der Waals surface area contributed by atoms with E-state index in [4.69, 9.17) is 21.1 Å². The van der Waals surface area contributed by atoms with E-state index >= 15 is 0 Å². The third-order valence-corrected chi connectivity index (χ3v) is 3.51. The second-order valence-electron chi connectivity index (χ2n) is 5.66. The number of hydrogen-bond acceptors (Lipinski definition) is 3. The highest BCUT2D eigenvalue weighted by Crippen LogP contribution is 2.26. The summed E-state index contributed by atoms with van der Waals surface area (Å²) < 4.78 is 10.6. The van der Waals surface area contributed by atoms with Crippen LogP contribution in [-0.2, 0) is 11.2 Å². The molecule has 0 aliphatic carbocycles. The maximum Gasteiger partial charge on any atom is 0.407 e. The summed E-state index contributed by atoms with van der Waals surface area (Å²) in [5.74, 6) is 0.604. The topological polar surface area (TPSA) is 47.6 Å². The predicted octanol–water partition coefficient (Wildman–Crippen LogP) is 4.44. The van der Waals surface area contributed by atoms with Crippen molar-refractivity contribution in [3.8, 4) is 5.75 Å². The van der Waals surface area contributed by atoms with Crippen LogP contribution in [0.25, 0.3) is 0 Å². The minimum Gasteiger partial charge on any atom is -0.490 e. The van der Waals surface area contributed by atoms with Gasteiger partial charge in [0.15, 0.2) is 0 Å². The molecule has 2 rings (SSSR count). The van der Waals surface area contributed by atoms with Crippen molar-refractivity contribution in [2.45, 2.75) is 26.4 Å². The lowest BCUT2D eigenvalue weighted by Crippen LogP contribution is -2.30. The molecule has 5 heteroatoms. The van der Waals surface area contributed by atoms with Crippen LogP contribution < -0.4 is 10.1 Å². The van der Waals surface area contributed by atoms with Crippen molar-refractivity contribution in [2.75, 3.05) is 13.2 Å². The van der Waals surface area contributed by atoms with Crippen LogP contribution in [-0.4, -0.2) is 25.3 Å². The minimum atomic E-state index is -0.446. The molecule has 0 aliphatic heterocycles. The molecule has 24 heavy (non-hydrogen) atoms. The molecular formula is C19H22ClNO3. The van der Waals surface area contributed by atoms with Crippen LogP contribution in [0, 0.1) is 0 Å². The van der Waals surface area contributed by atoms with E-state index < -0.39 is 6.09 Å². The average molecular weight is 348 g/mol. The summed E-state index contributed by atoms with van der Waals surface area (Å²) in [6, 6.07) is 16.0. The zero-order valence-electron chi connectivity index (χ0n) is 13.9. The van der Waals surface area contributed by atoms with E-state index in [9.17, 15) is 4.79 Å².